The van der Waals surface area contributed by atoms with Crippen molar-refractivity contribution in [3.05, 3.63) is 11.9 Å². The number of hydrogen-bond donors (Lipinski definition) is 2. The van der Waals surface area contributed by atoms with Crippen molar-refractivity contribution in [2.75, 3.05) is 18.2 Å². The van der Waals surface area contributed by atoms with Gasteiger partial charge < -0.3 is 15.8 Å². The summed E-state index contributed by atoms with van der Waals surface area (Å²) in [7, 11) is 1.77. The summed E-state index contributed by atoms with van der Waals surface area (Å²) in [5.74, 6) is 1.45. The SMILES string of the molecule is CCc1c(N)ncnc1NC1CCC(OC)C1. The van der Waals surface area contributed by atoms with E-state index in [1.807, 2.05) is 0 Å². The summed E-state index contributed by atoms with van der Waals surface area (Å²) < 4.78 is 5.36. The van der Waals surface area contributed by atoms with Crippen molar-refractivity contribution in [1.82, 2.24) is 9.97 Å². The quantitative estimate of drug-likeness (QED) is 0.830. The molecule has 3 N–H and O–H groups in total. The highest BCUT2D eigenvalue weighted by Gasteiger charge is 2.25. The van der Waals surface area contributed by atoms with Crippen LogP contribution < -0.4 is 11.1 Å². The highest BCUT2D eigenvalue weighted by atomic mass is 16.5. The van der Waals surface area contributed by atoms with Gasteiger partial charge >= 0.3 is 0 Å². The Labute approximate surface area is 102 Å². The molecule has 1 aromatic heterocycles. The number of hydrogen-bond acceptors (Lipinski definition) is 5. The minimum Gasteiger partial charge on any atom is -0.383 e. The first kappa shape index (κ1) is 12.1. The van der Waals surface area contributed by atoms with Gasteiger partial charge in [0.1, 0.15) is 18.0 Å². The fourth-order valence-corrected chi connectivity index (χ4v) is 2.38. The number of ether oxygens (including phenoxy) is 1. The van der Waals surface area contributed by atoms with Gasteiger partial charge in [0.15, 0.2) is 0 Å². The number of rotatable bonds is 4. The van der Waals surface area contributed by atoms with Gasteiger partial charge in [-0.2, -0.15) is 0 Å². The van der Waals surface area contributed by atoms with E-state index in [0.717, 1.165) is 37.1 Å². The predicted octanol–water partition coefficient (Wildman–Crippen LogP) is 1.60. The van der Waals surface area contributed by atoms with Crippen molar-refractivity contribution in [2.24, 2.45) is 0 Å². The Morgan fingerprint density at radius 2 is 2.29 bits per heavy atom. The van der Waals surface area contributed by atoms with Gasteiger partial charge in [-0.25, -0.2) is 9.97 Å². The topological polar surface area (TPSA) is 73.1 Å². The van der Waals surface area contributed by atoms with Crippen molar-refractivity contribution in [3.63, 3.8) is 0 Å². The lowest BCUT2D eigenvalue weighted by Gasteiger charge is -2.16. The molecule has 2 rings (SSSR count). The summed E-state index contributed by atoms with van der Waals surface area (Å²) in [4.78, 5) is 8.30. The molecule has 2 atom stereocenters. The maximum Gasteiger partial charge on any atom is 0.134 e. The molecule has 0 bridgehead atoms. The third-order valence-electron chi connectivity index (χ3n) is 3.39. The molecule has 0 aromatic carbocycles. The van der Waals surface area contributed by atoms with E-state index in [-0.39, 0.29) is 0 Å². The summed E-state index contributed by atoms with van der Waals surface area (Å²) in [5, 5.41) is 3.45. The highest BCUT2D eigenvalue weighted by molar-refractivity contribution is 5.55. The first-order valence-electron chi connectivity index (χ1n) is 6.13. The fraction of sp³-hybridized carbons (Fsp3) is 0.667. The third kappa shape index (κ3) is 2.66. The molecule has 1 heterocycles. The largest absolute Gasteiger partial charge is 0.383 e. The van der Waals surface area contributed by atoms with Crippen LogP contribution in [0.25, 0.3) is 0 Å². The minimum atomic E-state index is 0.372. The molecule has 1 aromatic rings. The summed E-state index contributed by atoms with van der Waals surface area (Å²) >= 11 is 0. The van der Waals surface area contributed by atoms with Gasteiger partial charge in [-0.15, -0.1) is 0 Å². The lowest BCUT2D eigenvalue weighted by molar-refractivity contribution is 0.108. The van der Waals surface area contributed by atoms with E-state index in [1.54, 1.807) is 7.11 Å². The molecule has 1 aliphatic rings. The standard InChI is InChI=1S/C12H20N4O/c1-3-10-11(13)14-7-15-12(10)16-8-4-5-9(6-8)17-2/h7-9H,3-6H2,1-2H3,(H3,13,14,15,16). The van der Waals surface area contributed by atoms with Crippen LogP contribution in [-0.2, 0) is 11.2 Å². The van der Waals surface area contributed by atoms with Crippen molar-refractivity contribution >= 4 is 11.6 Å². The molecule has 5 heteroatoms. The summed E-state index contributed by atoms with van der Waals surface area (Å²) in [5.41, 5.74) is 6.85. The molecule has 17 heavy (non-hydrogen) atoms. The fourth-order valence-electron chi connectivity index (χ4n) is 2.38. The van der Waals surface area contributed by atoms with Gasteiger partial charge in [-0.1, -0.05) is 6.92 Å². The lowest BCUT2D eigenvalue weighted by atomic mass is 10.2. The number of nitrogen functional groups attached to an aromatic ring is 1. The number of nitrogens with one attached hydrogen (secondary N) is 1. The van der Waals surface area contributed by atoms with Crippen molar-refractivity contribution in [3.8, 4) is 0 Å². The van der Waals surface area contributed by atoms with E-state index in [0.29, 0.717) is 18.0 Å². The smallest absolute Gasteiger partial charge is 0.134 e. The molecule has 1 aliphatic carbocycles. The first-order valence-corrected chi connectivity index (χ1v) is 6.13. The van der Waals surface area contributed by atoms with Gasteiger partial charge in [0.25, 0.3) is 0 Å². The molecule has 0 spiro atoms. The van der Waals surface area contributed by atoms with Crippen LogP contribution in [0, 0.1) is 0 Å². The zero-order chi connectivity index (χ0) is 12.3. The molecule has 2 unspecified atom stereocenters. The van der Waals surface area contributed by atoms with Crippen LogP contribution in [0.1, 0.15) is 31.7 Å². The van der Waals surface area contributed by atoms with Crippen LogP contribution in [0.4, 0.5) is 11.6 Å². The average Bonchev–Trinajstić information content (AvgIpc) is 2.77. The van der Waals surface area contributed by atoms with Crippen molar-refractivity contribution in [2.45, 2.75) is 44.8 Å². The van der Waals surface area contributed by atoms with Crippen LogP contribution >= 0.6 is 0 Å². The van der Waals surface area contributed by atoms with E-state index in [4.69, 9.17) is 10.5 Å². The number of anilines is 2. The Bertz CT molecular complexity index is 383. The second-order valence-corrected chi connectivity index (χ2v) is 4.45. The van der Waals surface area contributed by atoms with E-state index in [2.05, 4.69) is 22.2 Å². The van der Waals surface area contributed by atoms with E-state index < -0.39 is 0 Å². The van der Waals surface area contributed by atoms with Crippen LogP contribution in [-0.4, -0.2) is 29.2 Å². The van der Waals surface area contributed by atoms with Gasteiger partial charge in [-0.05, 0) is 25.7 Å². The van der Waals surface area contributed by atoms with Crippen LogP contribution in [0.15, 0.2) is 6.33 Å². The molecule has 1 saturated carbocycles. The summed E-state index contributed by atoms with van der Waals surface area (Å²) in [6, 6.07) is 0.430. The molecule has 5 nitrogen and oxygen atoms in total. The van der Waals surface area contributed by atoms with Crippen LogP contribution in [0.5, 0.6) is 0 Å². The van der Waals surface area contributed by atoms with Crippen LogP contribution in [0.3, 0.4) is 0 Å². The Hall–Kier alpha value is -1.36. The Kier molecular flexibility index (Phi) is 3.78. The molecule has 94 valence electrons. The van der Waals surface area contributed by atoms with Crippen molar-refractivity contribution < 1.29 is 4.74 Å². The zero-order valence-electron chi connectivity index (χ0n) is 10.4. The number of nitrogens with zero attached hydrogens (tertiary/aromatic N) is 2. The molecule has 0 saturated heterocycles. The van der Waals surface area contributed by atoms with E-state index >= 15 is 0 Å². The summed E-state index contributed by atoms with van der Waals surface area (Å²) in [6.45, 7) is 2.06. The second kappa shape index (κ2) is 5.31. The Morgan fingerprint density at radius 3 is 2.94 bits per heavy atom. The normalized spacial score (nSPS) is 23.9. The zero-order valence-corrected chi connectivity index (χ0v) is 10.4. The molecule has 1 fully saturated rings. The molecule has 0 aliphatic heterocycles. The maximum absolute atomic E-state index is 5.84. The van der Waals surface area contributed by atoms with Gasteiger partial charge in [0.2, 0.25) is 0 Å². The van der Waals surface area contributed by atoms with Crippen molar-refractivity contribution in [1.29, 1.82) is 0 Å². The molecular formula is C12H20N4O. The minimum absolute atomic E-state index is 0.372. The number of nitrogens with two attached hydrogens (primary N) is 1. The molecule has 0 radical (unpaired) electrons. The Balaban J connectivity index is 2.06. The van der Waals surface area contributed by atoms with Gasteiger partial charge in [0, 0.05) is 18.7 Å². The number of aromatic nitrogens is 2. The predicted molar refractivity (Wildman–Crippen MR) is 67.9 cm³/mol. The van der Waals surface area contributed by atoms with E-state index in [9.17, 15) is 0 Å². The van der Waals surface area contributed by atoms with Gasteiger partial charge in [0.05, 0.1) is 6.10 Å². The third-order valence-corrected chi connectivity index (χ3v) is 3.39. The number of methoxy groups -OCH3 is 1. The maximum atomic E-state index is 5.84. The summed E-state index contributed by atoms with van der Waals surface area (Å²) in [6.07, 6.45) is 5.98. The Morgan fingerprint density at radius 1 is 1.47 bits per heavy atom. The second-order valence-electron chi connectivity index (χ2n) is 4.45. The average molecular weight is 236 g/mol. The van der Waals surface area contributed by atoms with Crippen LogP contribution in [0.2, 0.25) is 0 Å². The highest BCUT2D eigenvalue weighted by Crippen LogP contribution is 2.26. The van der Waals surface area contributed by atoms with Gasteiger partial charge in [-0.3, -0.25) is 0 Å². The first-order chi connectivity index (χ1) is 8.24. The molecular weight excluding hydrogens is 216 g/mol. The lowest BCUT2D eigenvalue weighted by Crippen LogP contribution is -2.19. The monoisotopic (exact) mass is 236 g/mol. The molecule has 0 amide bonds. The van der Waals surface area contributed by atoms with E-state index in [1.165, 1.54) is 6.33 Å².